The fourth-order valence-electron chi connectivity index (χ4n) is 0.964. The standard InChI is InChI=1S/C7H11N5O3/c1-15-3-2-9-5-4(12-14)6(13)11-7(8)10-5/h2-3H2,1H3,(H4,8,9,10,11,13). The summed E-state index contributed by atoms with van der Waals surface area (Å²) in [4.78, 5) is 27.5. The van der Waals surface area contributed by atoms with E-state index in [1.165, 1.54) is 7.11 Å². The number of anilines is 2. The van der Waals surface area contributed by atoms with E-state index >= 15 is 0 Å². The SMILES string of the molecule is COCCNc1nc(N)[nH]c(=O)c1N=O. The van der Waals surface area contributed by atoms with E-state index in [2.05, 4.69) is 20.5 Å². The minimum Gasteiger partial charge on any atom is -0.383 e. The van der Waals surface area contributed by atoms with Crippen LogP contribution in [0.1, 0.15) is 0 Å². The van der Waals surface area contributed by atoms with Crippen LogP contribution in [0.3, 0.4) is 0 Å². The summed E-state index contributed by atoms with van der Waals surface area (Å²) in [5.74, 6) is -0.0179. The van der Waals surface area contributed by atoms with Crippen molar-refractivity contribution < 1.29 is 4.74 Å². The third-order valence-corrected chi connectivity index (χ3v) is 1.60. The van der Waals surface area contributed by atoms with Gasteiger partial charge in [0.25, 0.3) is 5.56 Å². The van der Waals surface area contributed by atoms with Crippen LogP contribution in [0.25, 0.3) is 0 Å². The van der Waals surface area contributed by atoms with Crippen molar-refractivity contribution >= 4 is 17.5 Å². The Balaban J connectivity index is 2.94. The molecule has 0 saturated heterocycles. The molecule has 0 radical (unpaired) electrons. The summed E-state index contributed by atoms with van der Waals surface area (Å²) in [6.45, 7) is 0.807. The molecule has 4 N–H and O–H groups in total. The molecule has 8 nitrogen and oxygen atoms in total. The zero-order valence-electron chi connectivity index (χ0n) is 8.11. The van der Waals surface area contributed by atoms with Gasteiger partial charge in [-0.1, -0.05) is 0 Å². The lowest BCUT2D eigenvalue weighted by molar-refractivity contribution is 0.210. The number of hydrogen-bond donors (Lipinski definition) is 3. The fourth-order valence-corrected chi connectivity index (χ4v) is 0.964. The molecule has 0 bridgehead atoms. The first-order chi connectivity index (χ1) is 7.19. The van der Waals surface area contributed by atoms with E-state index in [1.807, 2.05) is 0 Å². The second-order valence-corrected chi connectivity index (χ2v) is 2.66. The topological polar surface area (TPSA) is 122 Å². The van der Waals surface area contributed by atoms with Crippen molar-refractivity contribution in [3.8, 4) is 0 Å². The molecule has 8 heteroatoms. The lowest BCUT2D eigenvalue weighted by Gasteiger charge is -2.05. The Labute approximate surface area is 84.8 Å². The molecular formula is C7H11N5O3. The number of nitrogen functional groups attached to an aromatic ring is 1. The zero-order valence-corrected chi connectivity index (χ0v) is 8.11. The first-order valence-electron chi connectivity index (χ1n) is 4.15. The van der Waals surface area contributed by atoms with Crippen LogP contribution < -0.4 is 16.6 Å². The fraction of sp³-hybridized carbons (Fsp3) is 0.429. The summed E-state index contributed by atoms with van der Waals surface area (Å²) < 4.78 is 4.78. The molecule has 1 rings (SSSR count). The van der Waals surface area contributed by atoms with Gasteiger partial charge in [-0.15, -0.1) is 4.91 Å². The van der Waals surface area contributed by atoms with E-state index < -0.39 is 5.56 Å². The summed E-state index contributed by atoms with van der Waals surface area (Å²) >= 11 is 0. The molecule has 1 heterocycles. The van der Waals surface area contributed by atoms with Gasteiger partial charge in [-0.05, 0) is 5.18 Å². The van der Waals surface area contributed by atoms with Gasteiger partial charge in [-0.3, -0.25) is 9.78 Å². The molecule has 1 aromatic rings. The zero-order chi connectivity index (χ0) is 11.3. The second kappa shape index (κ2) is 5.05. The maximum absolute atomic E-state index is 11.2. The molecule has 0 fully saturated rings. The number of aromatic nitrogens is 2. The molecule has 1 aromatic heterocycles. The largest absolute Gasteiger partial charge is 0.383 e. The number of nitrogens with one attached hydrogen (secondary N) is 2. The average Bonchev–Trinajstić information content (AvgIpc) is 2.17. The van der Waals surface area contributed by atoms with Crippen LogP contribution in [-0.4, -0.2) is 30.2 Å². The van der Waals surface area contributed by atoms with E-state index in [-0.39, 0.29) is 17.5 Å². The Bertz CT molecular complexity index is 402. The quantitative estimate of drug-likeness (QED) is 0.460. The summed E-state index contributed by atoms with van der Waals surface area (Å²) in [5.41, 5.74) is 4.32. The van der Waals surface area contributed by atoms with E-state index in [0.29, 0.717) is 13.2 Å². The van der Waals surface area contributed by atoms with Crippen LogP contribution in [0.2, 0.25) is 0 Å². The van der Waals surface area contributed by atoms with Crippen molar-refractivity contribution in [3.05, 3.63) is 15.3 Å². The summed E-state index contributed by atoms with van der Waals surface area (Å²) in [6, 6.07) is 0. The molecule has 0 spiro atoms. The van der Waals surface area contributed by atoms with Crippen LogP contribution in [0, 0.1) is 4.91 Å². The monoisotopic (exact) mass is 213 g/mol. The molecule has 82 valence electrons. The first kappa shape index (κ1) is 11.1. The number of nitrogens with two attached hydrogens (primary N) is 1. The summed E-state index contributed by atoms with van der Waals surface area (Å²) in [5, 5.41) is 5.29. The van der Waals surface area contributed by atoms with Gasteiger partial charge in [-0.25, -0.2) is 0 Å². The van der Waals surface area contributed by atoms with Crippen LogP contribution >= 0.6 is 0 Å². The van der Waals surface area contributed by atoms with Gasteiger partial charge >= 0.3 is 0 Å². The molecule has 0 aromatic carbocycles. The predicted octanol–water partition coefficient (Wildman–Crippen LogP) is -0.192. The lowest BCUT2D eigenvalue weighted by Crippen LogP contribution is -2.16. The summed E-state index contributed by atoms with van der Waals surface area (Å²) in [7, 11) is 1.53. The van der Waals surface area contributed by atoms with E-state index in [1.54, 1.807) is 0 Å². The first-order valence-corrected chi connectivity index (χ1v) is 4.15. The Kier molecular flexibility index (Phi) is 3.75. The molecule has 15 heavy (non-hydrogen) atoms. The van der Waals surface area contributed by atoms with Gasteiger partial charge in [0.2, 0.25) is 11.6 Å². The Hall–Kier alpha value is -1.96. The van der Waals surface area contributed by atoms with Gasteiger partial charge in [0.15, 0.2) is 5.82 Å². The number of nitrogens with zero attached hydrogens (tertiary/aromatic N) is 2. The van der Waals surface area contributed by atoms with Gasteiger partial charge in [0.05, 0.1) is 6.61 Å². The number of H-pyrrole nitrogens is 1. The minimum atomic E-state index is -0.669. The van der Waals surface area contributed by atoms with Crippen molar-refractivity contribution in [1.29, 1.82) is 0 Å². The molecule has 0 aliphatic rings. The highest BCUT2D eigenvalue weighted by Crippen LogP contribution is 2.16. The average molecular weight is 213 g/mol. The smallest absolute Gasteiger partial charge is 0.284 e. The van der Waals surface area contributed by atoms with Crippen LogP contribution in [0.15, 0.2) is 9.97 Å². The van der Waals surface area contributed by atoms with Crippen LogP contribution in [-0.2, 0) is 4.74 Å². The number of methoxy groups -OCH3 is 1. The second-order valence-electron chi connectivity index (χ2n) is 2.66. The van der Waals surface area contributed by atoms with Gasteiger partial charge in [-0.2, -0.15) is 4.98 Å². The van der Waals surface area contributed by atoms with Crippen molar-refractivity contribution in [2.75, 3.05) is 31.3 Å². The Morgan fingerprint density at radius 2 is 2.40 bits per heavy atom. The van der Waals surface area contributed by atoms with E-state index in [0.717, 1.165) is 0 Å². The predicted molar refractivity (Wildman–Crippen MR) is 55.1 cm³/mol. The third kappa shape index (κ3) is 2.74. The van der Waals surface area contributed by atoms with Gasteiger partial charge in [0, 0.05) is 13.7 Å². The highest BCUT2D eigenvalue weighted by atomic mass is 16.5. The minimum absolute atomic E-state index is 0.0586. The third-order valence-electron chi connectivity index (χ3n) is 1.60. The van der Waals surface area contributed by atoms with E-state index in [9.17, 15) is 9.70 Å². The highest BCUT2D eigenvalue weighted by molar-refractivity contribution is 5.60. The van der Waals surface area contributed by atoms with Gasteiger partial charge in [0.1, 0.15) is 0 Å². The molecule has 0 aliphatic carbocycles. The van der Waals surface area contributed by atoms with Gasteiger partial charge < -0.3 is 15.8 Å². The van der Waals surface area contributed by atoms with E-state index in [4.69, 9.17) is 10.5 Å². The summed E-state index contributed by atoms with van der Waals surface area (Å²) in [6.07, 6.45) is 0. The highest BCUT2D eigenvalue weighted by Gasteiger charge is 2.10. The molecule has 0 amide bonds. The Morgan fingerprint density at radius 1 is 1.67 bits per heavy atom. The number of nitroso groups, excluding NO2 is 1. The molecule has 0 saturated carbocycles. The molecule has 0 unspecified atom stereocenters. The van der Waals surface area contributed by atoms with Crippen molar-refractivity contribution in [3.63, 3.8) is 0 Å². The van der Waals surface area contributed by atoms with Crippen LogP contribution in [0.4, 0.5) is 17.5 Å². The van der Waals surface area contributed by atoms with Crippen molar-refractivity contribution in [2.24, 2.45) is 5.18 Å². The molecule has 0 atom stereocenters. The maximum Gasteiger partial charge on any atom is 0.284 e. The number of ether oxygens (including phenoxy) is 1. The number of hydrogen-bond acceptors (Lipinski definition) is 7. The van der Waals surface area contributed by atoms with Crippen molar-refractivity contribution in [1.82, 2.24) is 9.97 Å². The lowest BCUT2D eigenvalue weighted by atomic mass is 10.4. The number of rotatable bonds is 5. The normalized spacial score (nSPS) is 9.93. The van der Waals surface area contributed by atoms with Crippen molar-refractivity contribution in [2.45, 2.75) is 0 Å². The Morgan fingerprint density at radius 3 is 3.00 bits per heavy atom. The molecular weight excluding hydrogens is 202 g/mol. The maximum atomic E-state index is 11.2. The number of aromatic amines is 1. The van der Waals surface area contributed by atoms with Crippen LogP contribution in [0.5, 0.6) is 0 Å². The molecule has 0 aliphatic heterocycles.